The van der Waals surface area contributed by atoms with E-state index in [-0.39, 0.29) is 0 Å². The molecule has 0 saturated carbocycles. The van der Waals surface area contributed by atoms with Gasteiger partial charge in [0.25, 0.3) is 0 Å². The Morgan fingerprint density at radius 1 is 1.64 bits per heavy atom. The highest BCUT2D eigenvalue weighted by Gasteiger charge is 2.06. The third-order valence-electron chi connectivity index (χ3n) is 1.95. The topological polar surface area (TPSA) is 43.6 Å². The zero-order valence-corrected chi connectivity index (χ0v) is 7.80. The Morgan fingerprint density at radius 2 is 2.50 bits per heavy atom. The van der Waals surface area contributed by atoms with Gasteiger partial charge < -0.3 is 4.74 Å². The summed E-state index contributed by atoms with van der Waals surface area (Å²) in [6, 6.07) is 3.66. The Hall–Kier alpha value is -1.84. The summed E-state index contributed by atoms with van der Waals surface area (Å²) >= 11 is 0. The van der Waals surface area contributed by atoms with Crippen LogP contribution in [0, 0.1) is 0 Å². The zero-order valence-electron chi connectivity index (χ0n) is 7.80. The molecule has 0 aliphatic rings. The molecule has 0 radical (unpaired) electrons. The molecule has 2 heterocycles. The largest absolute Gasteiger partial charge is 0.490 e. The van der Waals surface area contributed by atoms with Gasteiger partial charge in [-0.3, -0.25) is 9.20 Å². The van der Waals surface area contributed by atoms with E-state index in [1.165, 1.54) is 6.20 Å². The van der Waals surface area contributed by atoms with Crippen LogP contribution in [0.1, 0.15) is 17.4 Å². The number of carbonyl (C=O) groups excluding carboxylic acids is 1. The number of hydrogen-bond acceptors (Lipinski definition) is 3. The van der Waals surface area contributed by atoms with Gasteiger partial charge in [0.1, 0.15) is 5.69 Å². The third kappa shape index (κ3) is 1.25. The monoisotopic (exact) mass is 190 g/mol. The van der Waals surface area contributed by atoms with E-state index in [1.54, 1.807) is 10.6 Å². The Morgan fingerprint density at radius 3 is 3.21 bits per heavy atom. The lowest BCUT2D eigenvalue weighted by atomic mass is 10.4. The number of carbonyl (C=O) groups is 1. The lowest BCUT2D eigenvalue weighted by Gasteiger charge is -2.03. The predicted octanol–water partition coefficient (Wildman–Crippen LogP) is 1.55. The van der Waals surface area contributed by atoms with Crippen molar-refractivity contribution in [2.75, 3.05) is 6.61 Å². The van der Waals surface area contributed by atoms with E-state index in [9.17, 15) is 4.79 Å². The zero-order chi connectivity index (χ0) is 9.97. The quantitative estimate of drug-likeness (QED) is 0.689. The molecule has 2 aromatic heterocycles. The maximum absolute atomic E-state index is 10.6. The lowest BCUT2D eigenvalue weighted by Crippen LogP contribution is -1.96. The standard InChI is InChI=1S/C10H10N2O2/c1-2-14-9-4-3-5-12-8(7-13)6-11-10(9)12/h3-7H,2H2,1H3. The molecule has 0 aliphatic heterocycles. The number of ether oxygens (including phenoxy) is 1. The number of hydrogen-bond donors (Lipinski definition) is 0. The first-order chi connectivity index (χ1) is 6.86. The number of pyridine rings is 1. The molecule has 0 amide bonds. The minimum absolute atomic E-state index is 0.529. The average molecular weight is 190 g/mol. The van der Waals surface area contributed by atoms with E-state index in [0.29, 0.717) is 23.7 Å². The Balaban J connectivity index is 2.63. The lowest BCUT2D eigenvalue weighted by molar-refractivity contribution is 0.111. The number of fused-ring (bicyclic) bond motifs is 1. The molecule has 14 heavy (non-hydrogen) atoms. The molecule has 0 spiro atoms. The molecule has 0 saturated heterocycles. The van der Waals surface area contributed by atoms with Crippen LogP contribution >= 0.6 is 0 Å². The van der Waals surface area contributed by atoms with Crippen LogP contribution < -0.4 is 4.74 Å². The fraction of sp³-hybridized carbons (Fsp3) is 0.200. The highest BCUT2D eigenvalue weighted by atomic mass is 16.5. The van der Waals surface area contributed by atoms with Crippen LogP contribution in [-0.4, -0.2) is 22.3 Å². The molecule has 2 rings (SSSR count). The predicted molar refractivity (Wildman–Crippen MR) is 51.7 cm³/mol. The van der Waals surface area contributed by atoms with Crippen molar-refractivity contribution in [3.05, 3.63) is 30.2 Å². The van der Waals surface area contributed by atoms with Crippen LogP contribution in [0.15, 0.2) is 24.5 Å². The van der Waals surface area contributed by atoms with Gasteiger partial charge in [0, 0.05) is 6.20 Å². The van der Waals surface area contributed by atoms with Gasteiger partial charge in [-0.15, -0.1) is 0 Å². The first kappa shape index (κ1) is 8.74. The van der Waals surface area contributed by atoms with Crippen molar-refractivity contribution >= 4 is 11.9 Å². The summed E-state index contributed by atoms with van der Waals surface area (Å²) in [5, 5.41) is 0. The Bertz CT molecular complexity index is 462. The van der Waals surface area contributed by atoms with Gasteiger partial charge >= 0.3 is 0 Å². The maximum atomic E-state index is 10.6. The second kappa shape index (κ2) is 3.49. The molecule has 4 nitrogen and oxygen atoms in total. The van der Waals surface area contributed by atoms with Crippen molar-refractivity contribution in [1.82, 2.24) is 9.38 Å². The van der Waals surface area contributed by atoms with Gasteiger partial charge in [-0.2, -0.15) is 0 Å². The smallest absolute Gasteiger partial charge is 0.180 e. The number of aromatic nitrogens is 2. The van der Waals surface area contributed by atoms with Gasteiger partial charge in [-0.25, -0.2) is 4.98 Å². The normalized spacial score (nSPS) is 10.4. The van der Waals surface area contributed by atoms with Crippen molar-refractivity contribution in [2.24, 2.45) is 0 Å². The van der Waals surface area contributed by atoms with Crippen LogP contribution in [0.4, 0.5) is 0 Å². The van der Waals surface area contributed by atoms with Crippen molar-refractivity contribution < 1.29 is 9.53 Å². The van der Waals surface area contributed by atoms with Gasteiger partial charge in [0.15, 0.2) is 17.7 Å². The van der Waals surface area contributed by atoms with Crippen molar-refractivity contribution in [3.8, 4) is 5.75 Å². The third-order valence-corrected chi connectivity index (χ3v) is 1.95. The summed E-state index contributed by atoms with van der Waals surface area (Å²) < 4.78 is 7.08. The molecule has 72 valence electrons. The second-order valence-electron chi connectivity index (χ2n) is 2.80. The van der Waals surface area contributed by atoms with Gasteiger partial charge in [0.2, 0.25) is 0 Å². The number of nitrogens with zero attached hydrogens (tertiary/aromatic N) is 2. The Labute approximate surface area is 81.1 Å². The van der Waals surface area contributed by atoms with E-state index in [1.807, 2.05) is 19.1 Å². The molecule has 0 bridgehead atoms. The number of rotatable bonds is 3. The minimum Gasteiger partial charge on any atom is -0.490 e. The Kier molecular flexibility index (Phi) is 2.18. The molecule has 2 aromatic rings. The van der Waals surface area contributed by atoms with Gasteiger partial charge in [-0.05, 0) is 19.1 Å². The molecule has 0 atom stereocenters. The molecule has 4 heteroatoms. The van der Waals surface area contributed by atoms with Crippen molar-refractivity contribution in [2.45, 2.75) is 6.92 Å². The molecule has 0 unspecified atom stereocenters. The molecule has 0 N–H and O–H groups in total. The fourth-order valence-electron chi connectivity index (χ4n) is 1.36. The molecule has 0 fully saturated rings. The number of aldehydes is 1. The van der Waals surface area contributed by atoms with Crippen molar-refractivity contribution in [1.29, 1.82) is 0 Å². The first-order valence-corrected chi connectivity index (χ1v) is 4.41. The van der Waals surface area contributed by atoms with Crippen LogP contribution in [0.5, 0.6) is 5.75 Å². The summed E-state index contributed by atoms with van der Waals surface area (Å²) in [7, 11) is 0. The summed E-state index contributed by atoms with van der Waals surface area (Å²) in [6.45, 7) is 2.50. The van der Waals surface area contributed by atoms with Crippen LogP contribution in [-0.2, 0) is 0 Å². The van der Waals surface area contributed by atoms with E-state index in [4.69, 9.17) is 4.74 Å². The number of imidazole rings is 1. The van der Waals surface area contributed by atoms with Crippen LogP contribution in [0.25, 0.3) is 5.65 Å². The summed E-state index contributed by atoms with van der Waals surface area (Å²) in [6.07, 6.45) is 4.09. The van der Waals surface area contributed by atoms with Crippen molar-refractivity contribution in [3.63, 3.8) is 0 Å². The molecule has 0 aliphatic carbocycles. The highest BCUT2D eigenvalue weighted by molar-refractivity contribution is 5.75. The van der Waals surface area contributed by atoms with E-state index in [0.717, 1.165) is 6.29 Å². The first-order valence-electron chi connectivity index (χ1n) is 4.41. The summed E-state index contributed by atoms with van der Waals surface area (Å²) in [4.78, 5) is 14.8. The molecular formula is C10H10N2O2. The van der Waals surface area contributed by atoms with Crippen LogP contribution in [0.2, 0.25) is 0 Å². The van der Waals surface area contributed by atoms with Gasteiger partial charge in [0.05, 0.1) is 12.8 Å². The minimum atomic E-state index is 0.529. The molecule has 0 aromatic carbocycles. The SMILES string of the molecule is CCOc1cccn2c(C=O)cnc12. The van der Waals surface area contributed by atoms with E-state index < -0.39 is 0 Å². The second-order valence-corrected chi connectivity index (χ2v) is 2.80. The van der Waals surface area contributed by atoms with Gasteiger partial charge in [-0.1, -0.05) is 0 Å². The van der Waals surface area contributed by atoms with E-state index >= 15 is 0 Å². The fourth-order valence-corrected chi connectivity index (χ4v) is 1.36. The maximum Gasteiger partial charge on any atom is 0.180 e. The van der Waals surface area contributed by atoms with E-state index in [2.05, 4.69) is 4.98 Å². The molecular weight excluding hydrogens is 180 g/mol. The van der Waals surface area contributed by atoms with Crippen LogP contribution in [0.3, 0.4) is 0 Å². The average Bonchev–Trinajstić information content (AvgIpc) is 2.62. The summed E-state index contributed by atoms with van der Waals surface area (Å²) in [5.41, 5.74) is 1.21. The summed E-state index contributed by atoms with van der Waals surface area (Å²) in [5.74, 6) is 0.697. The highest BCUT2D eigenvalue weighted by Crippen LogP contribution is 2.18.